The molecule has 0 spiro atoms. The summed E-state index contributed by atoms with van der Waals surface area (Å²) in [5, 5.41) is 0. The van der Waals surface area contributed by atoms with Crippen LogP contribution in [0.4, 0.5) is 0 Å². The number of likely N-dealkylation sites (tertiary alicyclic amines) is 1. The van der Waals surface area contributed by atoms with E-state index in [1.54, 1.807) is 0 Å². The molecule has 0 aromatic heterocycles. The van der Waals surface area contributed by atoms with Crippen molar-refractivity contribution in [3.05, 3.63) is 0 Å². The van der Waals surface area contributed by atoms with Crippen LogP contribution in [0.25, 0.3) is 0 Å². The molecule has 1 fully saturated rings. The Kier molecular flexibility index (Phi) is 3.54. The van der Waals surface area contributed by atoms with E-state index < -0.39 is 0 Å². The molecule has 1 rings (SSSR count). The van der Waals surface area contributed by atoms with Gasteiger partial charge in [-0.05, 0) is 32.7 Å². The average molecular weight is 184 g/mol. The van der Waals surface area contributed by atoms with Crippen molar-refractivity contribution in [2.75, 3.05) is 19.6 Å². The fourth-order valence-corrected chi connectivity index (χ4v) is 1.72. The van der Waals surface area contributed by atoms with Crippen LogP contribution in [0.1, 0.15) is 20.3 Å². The van der Waals surface area contributed by atoms with Gasteiger partial charge in [0, 0.05) is 19.1 Å². The Morgan fingerprint density at radius 2 is 2.23 bits per heavy atom. The van der Waals surface area contributed by atoms with Gasteiger partial charge in [-0.15, -0.1) is 0 Å². The molecular formula is C9H20N4. The maximum absolute atomic E-state index is 5.28. The van der Waals surface area contributed by atoms with E-state index in [4.69, 9.17) is 11.5 Å². The molecule has 1 saturated heterocycles. The molecule has 76 valence electrons. The summed E-state index contributed by atoms with van der Waals surface area (Å²) in [4.78, 5) is 6.51. The summed E-state index contributed by atoms with van der Waals surface area (Å²) in [7, 11) is 0. The quantitative estimate of drug-likeness (QED) is 0.479. The molecule has 4 N–H and O–H groups in total. The minimum atomic E-state index is 0.211. The van der Waals surface area contributed by atoms with Gasteiger partial charge >= 0.3 is 0 Å². The fourth-order valence-electron chi connectivity index (χ4n) is 1.72. The lowest BCUT2D eigenvalue weighted by atomic mass is 10.1. The summed E-state index contributed by atoms with van der Waals surface area (Å²) in [6.07, 6.45) is 1.22. The van der Waals surface area contributed by atoms with Crippen molar-refractivity contribution in [2.24, 2.45) is 22.4 Å². The summed E-state index contributed by atoms with van der Waals surface area (Å²) in [6.45, 7) is 7.55. The van der Waals surface area contributed by atoms with E-state index >= 15 is 0 Å². The highest BCUT2D eigenvalue weighted by Gasteiger charge is 2.23. The van der Waals surface area contributed by atoms with Crippen molar-refractivity contribution in [1.82, 2.24) is 4.90 Å². The SMILES string of the molecule is CC(C)N1CCC(CN=C(N)N)C1. The van der Waals surface area contributed by atoms with Crippen molar-refractivity contribution in [3.63, 3.8) is 0 Å². The molecule has 0 aliphatic carbocycles. The Morgan fingerprint density at radius 3 is 2.69 bits per heavy atom. The van der Waals surface area contributed by atoms with Crippen molar-refractivity contribution in [3.8, 4) is 0 Å². The average Bonchev–Trinajstić information content (AvgIpc) is 2.48. The molecule has 1 aliphatic heterocycles. The number of guanidine groups is 1. The number of rotatable bonds is 3. The van der Waals surface area contributed by atoms with Crippen LogP contribution in [0.2, 0.25) is 0 Å². The Bertz CT molecular complexity index is 184. The first kappa shape index (κ1) is 10.3. The number of aliphatic imine (C=N–C) groups is 1. The number of nitrogens with zero attached hydrogens (tertiary/aromatic N) is 2. The van der Waals surface area contributed by atoms with Crippen LogP contribution in [0, 0.1) is 5.92 Å². The molecule has 0 radical (unpaired) electrons. The third-order valence-corrected chi connectivity index (χ3v) is 2.58. The Hall–Kier alpha value is -0.770. The molecule has 4 nitrogen and oxygen atoms in total. The molecule has 4 heteroatoms. The van der Waals surface area contributed by atoms with Gasteiger partial charge in [0.25, 0.3) is 0 Å². The molecule has 1 aliphatic rings. The van der Waals surface area contributed by atoms with Crippen molar-refractivity contribution >= 4 is 5.96 Å². The van der Waals surface area contributed by atoms with Crippen molar-refractivity contribution in [2.45, 2.75) is 26.3 Å². The van der Waals surface area contributed by atoms with Crippen LogP contribution in [0.5, 0.6) is 0 Å². The predicted molar refractivity (Wildman–Crippen MR) is 55.5 cm³/mol. The standard InChI is InChI=1S/C9H20N4/c1-7(2)13-4-3-8(6-13)5-12-9(10)11/h7-8H,3-6H2,1-2H3,(H4,10,11,12). The van der Waals surface area contributed by atoms with Gasteiger partial charge in [0.05, 0.1) is 0 Å². The zero-order valence-electron chi connectivity index (χ0n) is 8.53. The number of hydrogen-bond donors (Lipinski definition) is 2. The highest BCUT2D eigenvalue weighted by atomic mass is 15.2. The van der Waals surface area contributed by atoms with Crippen molar-refractivity contribution < 1.29 is 0 Å². The Morgan fingerprint density at radius 1 is 1.54 bits per heavy atom. The molecular weight excluding hydrogens is 164 g/mol. The van der Waals surface area contributed by atoms with E-state index in [2.05, 4.69) is 23.7 Å². The lowest BCUT2D eigenvalue weighted by molar-refractivity contribution is 0.266. The molecule has 13 heavy (non-hydrogen) atoms. The van der Waals surface area contributed by atoms with Gasteiger partial charge in [0.1, 0.15) is 0 Å². The van der Waals surface area contributed by atoms with Gasteiger partial charge in [0.15, 0.2) is 5.96 Å². The van der Waals surface area contributed by atoms with Gasteiger partial charge in [0.2, 0.25) is 0 Å². The minimum Gasteiger partial charge on any atom is -0.370 e. The molecule has 0 aromatic rings. The topological polar surface area (TPSA) is 67.6 Å². The van der Waals surface area contributed by atoms with E-state index in [0.717, 1.165) is 13.1 Å². The van der Waals surface area contributed by atoms with E-state index in [9.17, 15) is 0 Å². The molecule has 0 amide bonds. The highest BCUT2D eigenvalue weighted by molar-refractivity contribution is 5.75. The van der Waals surface area contributed by atoms with Gasteiger partial charge in [-0.1, -0.05) is 0 Å². The summed E-state index contributed by atoms with van der Waals surface area (Å²) in [6, 6.07) is 0.643. The third kappa shape index (κ3) is 3.22. The number of nitrogens with two attached hydrogens (primary N) is 2. The second kappa shape index (κ2) is 4.46. The van der Waals surface area contributed by atoms with E-state index in [1.807, 2.05) is 0 Å². The maximum atomic E-state index is 5.28. The Balaban J connectivity index is 2.29. The first-order valence-corrected chi connectivity index (χ1v) is 4.89. The van der Waals surface area contributed by atoms with E-state index in [0.29, 0.717) is 12.0 Å². The molecule has 1 heterocycles. The smallest absolute Gasteiger partial charge is 0.185 e. The number of hydrogen-bond acceptors (Lipinski definition) is 2. The highest BCUT2D eigenvalue weighted by Crippen LogP contribution is 2.18. The third-order valence-electron chi connectivity index (χ3n) is 2.58. The fraction of sp³-hybridized carbons (Fsp3) is 0.889. The zero-order valence-corrected chi connectivity index (χ0v) is 8.53. The largest absolute Gasteiger partial charge is 0.370 e. The van der Waals surface area contributed by atoms with E-state index in [1.165, 1.54) is 13.0 Å². The van der Waals surface area contributed by atoms with Gasteiger partial charge in [-0.25, -0.2) is 0 Å². The van der Waals surface area contributed by atoms with Gasteiger partial charge < -0.3 is 16.4 Å². The van der Waals surface area contributed by atoms with E-state index in [-0.39, 0.29) is 5.96 Å². The summed E-state index contributed by atoms with van der Waals surface area (Å²) >= 11 is 0. The van der Waals surface area contributed by atoms with Crippen LogP contribution in [-0.2, 0) is 0 Å². The van der Waals surface area contributed by atoms with Crippen LogP contribution in [0.3, 0.4) is 0 Å². The van der Waals surface area contributed by atoms with Crippen LogP contribution < -0.4 is 11.5 Å². The second-order valence-electron chi connectivity index (χ2n) is 4.01. The lowest BCUT2D eigenvalue weighted by Gasteiger charge is -2.19. The van der Waals surface area contributed by atoms with Crippen LogP contribution in [-0.4, -0.2) is 36.5 Å². The molecule has 1 unspecified atom stereocenters. The van der Waals surface area contributed by atoms with Gasteiger partial charge in [-0.3, -0.25) is 4.99 Å². The van der Waals surface area contributed by atoms with Gasteiger partial charge in [-0.2, -0.15) is 0 Å². The van der Waals surface area contributed by atoms with Crippen LogP contribution >= 0.6 is 0 Å². The molecule has 0 bridgehead atoms. The first-order chi connectivity index (χ1) is 6.09. The molecule has 0 saturated carbocycles. The lowest BCUT2D eigenvalue weighted by Crippen LogP contribution is -2.29. The first-order valence-electron chi connectivity index (χ1n) is 4.89. The predicted octanol–water partition coefficient (Wildman–Crippen LogP) is -0.00990. The van der Waals surface area contributed by atoms with Crippen molar-refractivity contribution in [1.29, 1.82) is 0 Å². The summed E-state index contributed by atoms with van der Waals surface area (Å²) in [5.74, 6) is 0.854. The zero-order chi connectivity index (χ0) is 9.84. The summed E-state index contributed by atoms with van der Waals surface area (Å²) in [5.41, 5.74) is 10.6. The Labute approximate surface area is 80.0 Å². The molecule has 1 atom stereocenters. The normalized spacial score (nSPS) is 23.8. The second-order valence-corrected chi connectivity index (χ2v) is 4.01. The molecule has 0 aromatic carbocycles. The minimum absolute atomic E-state index is 0.211. The van der Waals surface area contributed by atoms with Crippen LogP contribution in [0.15, 0.2) is 4.99 Å². The monoisotopic (exact) mass is 184 g/mol. The maximum Gasteiger partial charge on any atom is 0.185 e. The summed E-state index contributed by atoms with van der Waals surface area (Å²) < 4.78 is 0.